The fourth-order valence-electron chi connectivity index (χ4n) is 1.77. The number of hydrogen-bond donors (Lipinski definition) is 2. The third-order valence-electron chi connectivity index (χ3n) is 2.68. The molecule has 1 atom stereocenters. The van der Waals surface area contributed by atoms with E-state index in [1.165, 1.54) is 5.56 Å². The molecule has 0 amide bonds. The lowest BCUT2D eigenvalue weighted by Gasteiger charge is -2.27. The summed E-state index contributed by atoms with van der Waals surface area (Å²) < 4.78 is 0. The molecule has 2 rings (SSSR count). The van der Waals surface area contributed by atoms with E-state index in [1.807, 2.05) is 24.3 Å². The number of benzene rings is 1. The molecule has 1 aromatic carbocycles. The average molecular weight is 300 g/mol. The van der Waals surface area contributed by atoms with Gasteiger partial charge in [-0.05, 0) is 24.6 Å². The first-order valence-corrected chi connectivity index (χ1v) is 7.56. The van der Waals surface area contributed by atoms with Crippen molar-refractivity contribution in [3.8, 4) is 0 Å². The zero-order valence-electron chi connectivity index (χ0n) is 10.8. The van der Waals surface area contributed by atoms with Gasteiger partial charge in [0.15, 0.2) is 5.17 Å². The first-order chi connectivity index (χ1) is 9.13. The highest BCUT2D eigenvalue weighted by atomic mass is 35.5. The molecule has 19 heavy (non-hydrogen) atoms. The van der Waals surface area contributed by atoms with Crippen molar-refractivity contribution in [1.82, 2.24) is 10.2 Å². The Bertz CT molecular complexity index is 436. The van der Waals surface area contributed by atoms with Gasteiger partial charge in [-0.3, -0.25) is 4.90 Å². The lowest BCUT2D eigenvalue weighted by atomic mass is 10.2. The van der Waals surface area contributed by atoms with Gasteiger partial charge >= 0.3 is 0 Å². The van der Waals surface area contributed by atoms with Gasteiger partial charge in [0.1, 0.15) is 0 Å². The fraction of sp³-hybridized carbons (Fsp3) is 0.462. The van der Waals surface area contributed by atoms with Crippen molar-refractivity contribution >= 4 is 28.5 Å². The summed E-state index contributed by atoms with van der Waals surface area (Å²) in [5, 5.41) is 14.3. The van der Waals surface area contributed by atoms with Crippen molar-refractivity contribution in [2.24, 2.45) is 4.99 Å². The molecule has 4 nitrogen and oxygen atoms in total. The number of aliphatic hydroxyl groups is 1. The summed E-state index contributed by atoms with van der Waals surface area (Å²) in [6.45, 7) is 3.80. The van der Waals surface area contributed by atoms with Gasteiger partial charge in [-0.25, -0.2) is 4.99 Å². The average Bonchev–Trinajstić information content (AvgIpc) is 2.39. The summed E-state index contributed by atoms with van der Waals surface area (Å²) in [5.41, 5.74) is 1.23. The van der Waals surface area contributed by atoms with Crippen LogP contribution in [0.25, 0.3) is 0 Å². The Kier molecular flexibility index (Phi) is 5.51. The second-order valence-corrected chi connectivity index (χ2v) is 5.96. The molecule has 6 heteroatoms. The zero-order chi connectivity index (χ0) is 13.7. The number of thioether (sulfide) groups is 1. The molecule has 0 aliphatic carbocycles. The number of halogens is 1. The molecular formula is C13H18ClN3OS. The second-order valence-electron chi connectivity index (χ2n) is 4.56. The smallest absolute Gasteiger partial charge is 0.159 e. The Labute approximate surface area is 122 Å². The maximum Gasteiger partial charge on any atom is 0.159 e. The minimum atomic E-state index is -0.319. The molecule has 0 bridgehead atoms. The molecule has 0 unspecified atom stereocenters. The number of aliphatic imine (C=N–C) groups is 1. The lowest BCUT2D eigenvalue weighted by Crippen LogP contribution is -2.44. The predicted octanol–water partition coefficient (Wildman–Crippen LogP) is 2.13. The summed E-state index contributed by atoms with van der Waals surface area (Å²) in [4.78, 5) is 6.52. The Morgan fingerprint density at radius 2 is 2.21 bits per heavy atom. The third-order valence-corrected chi connectivity index (χ3v) is 3.96. The van der Waals surface area contributed by atoms with Crippen LogP contribution in [0.3, 0.4) is 0 Å². The molecule has 0 fully saturated rings. The van der Waals surface area contributed by atoms with Crippen LogP contribution in [-0.4, -0.2) is 41.2 Å². The standard InChI is InChI=1S/C13H18ClN3OS/c1-10(18)6-17-8-15-13(16-9-17)19-7-11-2-4-12(14)5-3-11/h2-5,10,18H,6-9H2,1H3,(H,15,16)/t10-/m0/s1. The number of amidine groups is 1. The van der Waals surface area contributed by atoms with Crippen LogP contribution in [-0.2, 0) is 5.75 Å². The Balaban J connectivity index is 1.78. The first-order valence-electron chi connectivity index (χ1n) is 6.19. The number of hydrogen-bond acceptors (Lipinski definition) is 5. The van der Waals surface area contributed by atoms with Crippen LogP contribution in [0.5, 0.6) is 0 Å². The van der Waals surface area contributed by atoms with Crippen molar-refractivity contribution in [1.29, 1.82) is 0 Å². The van der Waals surface area contributed by atoms with E-state index in [1.54, 1.807) is 18.7 Å². The minimum Gasteiger partial charge on any atom is -0.392 e. The molecule has 0 radical (unpaired) electrons. The van der Waals surface area contributed by atoms with Gasteiger partial charge in [0.25, 0.3) is 0 Å². The van der Waals surface area contributed by atoms with Crippen molar-refractivity contribution in [2.75, 3.05) is 19.9 Å². The molecular weight excluding hydrogens is 282 g/mol. The molecule has 0 aromatic heterocycles. The van der Waals surface area contributed by atoms with Crippen molar-refractivity contribution < 1.29 is 5.11 Å². The minimum absolute atomic E-state index is 0.319. The predicted molar refractivity (Wildman–Crippen MR) is 81.4 cm³/mol. The highest BCUT2D eigenvalue weighted by Crippen LogP contribution is 2.17. The summed E-state index contributed by atoms with van der Waals surface area (Å²) in [5.74, 6) is 0.874. The molecule has 0 spiro atoms. The highest BCUT2D eigenvalue weighted by molar-refractivity contribution is 8.13. The highest BCUT2D eigenvalue weighted by Gasteiger charge is 2.13. The van der Waals surface area contributed by atoms with Crippen LogP contribution in [0, 0.1) is 0 Å². The van der Waals surface area contributed by atoms with Gasteiger partial charge in [0, 0.05) is 17.3 Å². The van der Waals surface area contributed by atoms with E-state index in [0.717, 1.165) is 22.6 Å². The van der Waals surface area contributed by atoms with E-state index in [2.05, 4.69) is 15.2 Å². The van der Waals surface area contributed by atoms with Gasteiger partial charge in [-0.1, -0.05) is 35.5 Å². The largest absolute Gasteiger partial charge is 0.392 e. The molecule has 1 aliphatic rings. The van der Waals surface area contributed by atoms with Gasteiger partial charge in [-0.2, -0.15) is 0 Å². The van der Waals surface area contributed by atoms with Crippen LogP contribution in [0.4, 0.5) is 0 Å². The van der Waals surface area contributed by atoms with Crippen molar-refractivity contribution in [2.45, 2.75) is 18.8 Å². The maximum atomic E-state index is 9.31. The van der Waals surface area contributed by atoms with Crippen molar-refractivity contribution in [3.63, 3.8) is 0 Å². The van der Waals surface area contributed by atoms with Crippen LogP contribution in [0.15, 0.2) is 29.3 Å². The normalized spacial score (nSPS) is 17.7. The number of nitrogens with zero attached hydrogens (tertiary/aromatic N) is 2. The molecule has 1 aromatic rings. The number of rotatable bonds is 4. The van der Waals surface area contributed by atoms with Crippen molar-refractivity contribution in [3.05, 3.63) is 34.9 Å². The first kappa shape index (κ1) is 14.7. The Hall–Kier alpha value is -0.750. The zero-order valence-corrected chi connectivity index (χ0v) is 12.4. The summed E-state index contributed by atoms with van der Waals surface area (Å²) in [6, 6.07) is 7.85. The van der Waals surface area contributed by atoms with E-state index >= 15 is 0 Å². The number of nitrogens with one attached hydrogen (secondary N) is 1. The third kappa shape index (κ3) is 5.03. The molecule has 2 N–H and O–H groups in total. The van der Waals surface area contributed by atoms with Crippen LogP contribution < -0.4 is 5.32 Å². The van der Waals surface area contributed by atoms with E-state index in [9.17, 15) is 5.11 Å². The maximum absolute atomic E-state index is 9.31. The fourth-order valence-corrected chi connectivity index (χ4v) is 2.71. The SMILES string of the molecule is C[C@H](O)CN1CN=C(SCc2ccc(Cl)cc2)NC1. The van der Waals surface area contributed by atoms with Gasteiger partial charge < -0.3 is 10.4 Å². The summed E-state index contributed by atoms with van der Waals surface area (Å²) in [7, 11) is 0. The summed E-state index contributed by atoms with van der Waals surface area (Å²) >= 11 is 7.53. The van der Waals surface area contributed by atoms with Crippen LogP contribution in [0.2, 0.25) is 5.02 Å². The molecule has 104 valence electrons. The number of aliphatic hydroxyl groups excluding tert-OH is 1. The monoisotopic (exact) mass is 299 g/mol. The number of β-amino-alcohol motifs (C(OH)–C–C–N with tert-alkyl or cyclic N) is 1. The van der Waals surface area contributed by atoms with Gasteiger partial charge in [0.2, 0.25) is 0 Å². The van der Waals surface area contributed by atoms with Crippen LogP contribution in [0.1, 0.15) is 12.5 Å². The Morgan fingerprint density at radius 1 is 1.47 bits per heavy atom. The topological polar surface area (TPSA) is 47.9 Å². The van der Waals surface area contributed by atoms with Crippen LogP contribution >= 0.6 is 23.4 Å². The van der Waals surface area contributed by atoms with E-state index in [0.29, 0.717) is 13.2 Å². The van der Waals surface area contributed by atoms with Gasteiger partial charge in [0.05, 0.1) is 19.4 Å². The molecule has 0 saturated carbocycles. The molecule has 1 heterocycles. The van der Waals surface area contributed by atoms with E-state index in [-0.39, 0.29) is 6.10 Å². The summed E-state index contributed by atoms with van der Waals surface area (Å²) in [6.07, 6.45) is -0.319. The second kappa shape index (κ2) is 7.14. The van der Waals surface area contributed by atoms with Gasteiger partial charge in [-0.15, -0.1) is 0 Å². The lowest BCUT2D eigenvalue weighted by molar-refractivity contribution is 0.124. The molecule has 1 aliphatic heterocycles. The molecule has 0 saturated heterocycles. The quantitative estimate of drug-likeness (QED) is 0.894. The van der Waals surface area contributed by atoms with E-state index < -0.39 is 0 Å². The van der Waals surface area contributed by atoms with E-state index in [4.69, 9.17) is 11.6 Å². The Morgan fingerprint density at radius 3 is 2.79 bits per heavy atom.